The Balaban J connectivity index is 1.35. The summed E-state index contributed by atoms with van der Waals surface area (Å²) >= 11 is 0. The first-order valence-electron chi connectivity index (χ1n) is 18.6. The molecular formula is C52H34O. The van der Waals surface area contributed by atoms with E-state index in [2.05, 4.69) is 182 Å². The predicted octanol–water partition coefficient (Wildman–Crippen LogP) is 13.4. The Kier molecular flexibility index (Phi) is 6.66. The Morgan fingerprint density at radius 1 is 0.358 bits per heavy atom. The number of hydrogen-bond acceptors (Lipinski definition) is 1. The summed E-state index contributed by atoms with van der Waals surface area (Å²) in [5.74, 6) is -0.0828. The number of fused-ring (bicyclic) bond motifs is 4. The van der Waals surface area contributed by atoms with E-state index in [1.807, 2.05) is 0 Å². The van der Waals surface area contributed by atoms with Crippen LogP contribution in [-0.4, -0.2) is 5.78 Å². The molecule has 0 saturated carbocycles. The molecule has 0 amide bonds. The molecule has 248 valence electrons. The largest absolute Gasteiger partial charge is 0.299 e. The third-order valence-corrected chi connectivity index (χ3v) is 11.9. The number of benzene rings is 9. The predicted molar refractivity (Wildman–Crippen MR) is 220 cm³/mol. The van der Waals surface area contributed by atoms with Crippen LogP contribution in [-0.2, 0) is 4.79 Å². The van der Waals surface area contributed by atoms with E-state index in [4.69, 9.17) is 0 Å². The highest BCUT2D eigenvalue weighted by Gasteiger charge is 2.46. The minimum Gasteiger partial charge on any atom is -0.299 e. The van der Waals surface area contributed by atoms with Crippen molar-refractivity contribution in [3.63, 3.8) is 0 Å². The van der Waals surface area contributed by atoms with E-state index >= 15 is 0 Å². The smallest absolute Gasteiger partial charge is 0.145 e. The highest BCUT2D eigenvalue weighted by molar-refractivity contribution is 6.18. The molecule has 3 aliphatic carbocycles. The quantitative estimate of drug-likeness (QED) is 0.182. The fraction of sp³-hybridized carbons (Fsp3) is 0.0577. The molecule has 1 nitrogen and oxygen atoms in total. The Morgan fingerprint density at radius 3 is 1.34 bits per heavy atom. The Bertz CT molecular complexity index is 2940. The highest BCUT2D eigenvalue weighted by atomic mass is 16.1. The van der Waals surface area contributed by atoms with Gasteiger partial charge in [0.25, 0.3) is 0 Å². The number of hydrogen-bond donors (Lipinski definition) is 0. The molecule has 0 aromatic heterocycles. The third kappa shape index (κ3) is 4.41. The summed E-state index contributed by atoms with van der Waals surface area (Å²) in [6.45, 7) is 0. The molecule has 2 atom stereocenters. The van der Waals surface area contributed by atoms with Crippen molar-refractivity contribution in [2.45, 2.75) is 18.3 Å². The van der Waals surface area contributed by atoms with Gasteiger partial charge in [-0.15, -0.1) is 0 Å². The minimum atomic E-state index is -0.347. The Labute approximate surface area is 308 Å². The van der Waals surface area contributed by atoms with Gasteiger partial charge in [0.1, 0.15) is 5.78 Å². The topological polar surface area (TPSA) is 17.1 Å². The Hall–Kier alpha value is -6.57. The van der Waals surface area contributed by atoms with Crippen LogP contribution in [0.4, 0.5) is 0 Å². The average molecular weight is 675 g/mol. The van der Waals surface area contributed by atoms with Crippen molar-refractivity contribution in [1.82, 2.24) is 0 Å². The van der Waals surface area contributed by atoms with E-state index in [1.54, 1.807) is 0 Å². The summed E-state index contributed by atoms with van der Waals surface area (Å²) in [5, 5.41) is 7.27. The molecule has 12 rings (SSSR count). The van der Waals surface area contributed by atoms with Crippen LogP contribution in [0.5, 0.6) is 0 Å². The molecule has 0 heterocycles. The molecule has 9 aromatic rings. The van der Waals surface area contributed by atoms with Gasteiger partial charge in [0.15, 0.2) is 0 Å². The zero-order valence-corrected chi connectivity index (χ0v) is 29.1. The maximum atomic E-state index is 14.6. The summed E-state index contributed by atoms with van der Waals surface area (Å²) < 4.78 is 0. The molecule has 3 aliphatic rings. The first kappa shape index (κ1) is 30.1. The zero-order valence-electron chi connectivity index (χ0n) is 29.1. The summed E-state index contributed by atoms with van der Waals surface area (Å²) in [6, 6.07) is 66.0. The second kappa shape index (κ2) is 11.7. The number of rotatable bonds is 4. The normalized spacial score (nSPS) is 15.9. The molecule has 0 N–H and O–H groups in total. The van der Waals surface area contributed by atoms with Crippen molar-refractivity contribution in [2.24, 2.45) is 0 Å². The lowest BCUT2D eigenvalue weighted by Crippen LogP contribution is -2.33. The van der Waals surface area contributed by atoms with Crippen LogP contribution in [0.1, 0.15) is 40.5 Å². The fourth-order valence-electron chi connectivity index (χ4n) is 9.78. The first-order chi connectivity index (χ1) is 26.3. The molecule has 9 aromatic carbocycles. The van der Waals surface area contributed by atoms with Gasteiger partial charge in [-0.25, -0.2) is 0 Å². The van der Waals surface area contributed by atoms with Gasteiger partial charge in [-0.1, -0.05) is 182 Å². The maximum Gasteiger partial charge on any atom is 0.145 e. The lowest BCUT2D eigenvalue weighted by atomic mass is 9.59. The van der Waals surface area contributed by atoms with Gasteiger partial charge in [0.05, 0.1) is 5.92 Å². The number of carbonyl (C=O) groups excluding carboxylic acids is 1. The van der Waals surface area contributed by atoms with Crippen LogP contribution in [0.3, 0.4) is 0 Å². The molecule has 0 spiro atoms. The SMILES string of the molecule is O=C1CC2c3ccccc3C1c1c2c(-c2ccc3ccccc3c2-c2ccccc2)c2ccccc2c1-c1ccc2ccccc2c1-c1ccccc1. The van der Waals surface area contributed by atoms with Gasteiger partial charge >= 0.3 is 0 Å². The second-order valence-electron chi connectivity index (χ2n) is 14.6. The maximum absolute atomic E-state index is 14.6. The van der Waals surface area contributed by atoms with Crippen molar-refractivity contribution in [1.29, 1.82) is 0 Å². The van der Waals surface area contributed by atoms with Crippen molar-refractivity contribution < 1.29 is 4.79 Å². The molecule has 0 radical (unpaired) electrons. The first-order valence-corrected chi connectivity index (χ1v) is 18.6. The van der Waals surface area contributed by atoms with Crippen LogP contribution >= 0.6 is 0 Å². The van der Waals surface area contributed by atoms with Crippen molar-refractivity contribution >= 4 is 38.1 Å². The zero-order chi connectivity index (χ0) is 35.0. The van der Waals surface area contributed by atoms with E-state index in [0.29, 0.717) is 12.2 Å². The van der Waals surface area contributed by atoms with Gasteiger partial charge in [-0.2, -0.15) is 0 Å². The molecule has 1 heteroatoms. The summed E-state index contributed by atoms with van der Waals surface area (Å²) in [4.78, 5) is 14.6. The van der Waals surface area contributed by atoms with Gasteiger partial charge in [0.2, 0.25) is 0 Å². The van der Waals surface area contributed by atoms with E-state index in [1.165, 1.54) is 93.5 Å². The van der Waals surface area contributed by atoms with E-state index in [9.17, 15) is 4.79 Å². The summed E-state index contributed by atoms with van der Waals surface area (Å²) in [6.07, 6.45) is 0.511. The van der Waals surface area contributed by atoms with Crippen LogP contribution in [0.25, 0.3) is 76.8 Å². The summed E-state index contributed by atoms with van der Waals surface area (Å²) in [5.41, 5.74) is 14.6. The monoisotopic (exact) mass is 674 g/mol. The molecule has 2 bridgehead atoms. The number of carbonyl (C=O) groups is 1. The minimum absolute atomic E-state index is 0.0484. The molecular weight excluding hydrogens is 641 g/mol. The van der Waals surface area contributed by atoms with Gasteiger partial charge in [-0.3, -0.25) is 4.79 Å². The van der Waals surface area contributed by atoms with Crippen molar-refractivity contribution in [3.8, 4) is 44.5 Å². The molecule has 0 saturated heterocycles. The van der Waals surface area contributed by atoms with Crippen LogP contribution in [0.2, 0.25) is 0 Å². The fourth-order valence-corrected chi connectivity index (χ4v) is 9.78. The lowest BCUT2D eigenvalue weighted by Gasteiger charge is -2.43. The van der Waals surface area contributed by atoms with E-state index in [0.717, 1.165) is 5.56 Å². The standard InChI is InChI=1S/C52H34O/c53-45-31-44-38-23-11-12-24-39(38)50(45)52-49(43-30-28-33-16-8-10-22-37(33)47(43)35-19-5-2-6-20-35)41-26-14-13-25-40(41)48(51(44)52)42-29-27-32-15-7-9-21-36(32)46(42)34-17-3-1-4-18-34/h1-30,44,50H,31H2. The van der Waals surface area contributed by atoms with Gasteiger partial charge < -0.3 is 0 Å². The molecule has 0 fully saturated rings. The van der Waals surface area contributed by atoms with Crippen LogP contribution in [0.15, 0.2) is 182 Å². The summed E-state index contributed by atoms with van der Waals surface area (Å²) in [7, 11) is 0. The van der Waals surface area contributed by atoms with Crippen molar-refractivity contribution in [2.75, 3.05) is 0 Å². The van der Waals surface area contributed by atoms with E-state index < -0.39 is 0 Å². The highest BCUT2D eigenvalue weighted by Crippen LogP contribution is 2.60. The molecule has 2 unspecified atom stereocenters. The van der Waals surface area contributed by atoms with E-state index in [-0.39, 0.29) is 11.8 Å². The lowest BCUT2D eigenvalue weighted by molar-refractivity contribution is -0.120. The van der Waals surface area contributed by atoms with Crippen LogP contribution < -0.4 is 0 Å². The number of Topliss-reactive ketones (excluding diaryl/α,β-unsaturated/α-hetero) is 1. The molecule has 0 aliphatic heterocycles. The van der Waals surface area contributed by atoms with Gasteiger partial charge in [0, 0.05) is 12.3 Å². The second-order valence-corrected chi connectivity index (χ2v) is 14.6. The molecule has 53 heavy (non-hydrogen) atoms. The Morgan fingerprint density at radius 2 is 0.792 bits per heavy atom. The van der Waals surface area contributed by atoms with Gasteiger partial charge in [-0.05, 0) is 99.1 Å². The van der Waals surface area contributed by atoms with Crippen LogP contribution in [0, 0.1) is 0 Å². The number of ketones is 1. The van der Waals surface area contributed by atoms with Crippen molar-refractivity contribution in [3.05, 3.63) is 204 Å². The average Bonchev–Trinajstić information content (AvgIpc) is 3.22. The third-order valence-electron chi connectivity index (χ3n) is 11.9.